The van der Waals surface area contributed by atoms with Crippen molar-refractivity contribution in [1.29, 1.82) is 0 Å². The number of Topliss-reactive ketones (excluding diaryl/α,β-unsaturated/α-hetero) is 1. The Kier molecular flexibility index (Phi) is 2.10. The fraction of sp³-hybridized carbons (Fsp3) is 0.889. The second-order valence-corrected chi connectivity index (χ2v) is 4.62. The summed E-state index contributed by atoms with van der Waals surface area (Å²) < 4.78 is 25.0. The van der Waals surface area contributed by atoms with E-state index < -0.39 is 17.1 Å². The van der Waals surface area contributed by atoms with E-state index >= 15 is 0 Å². The molecule has 0 heterocycles. The summed E-state index contributed by atoms with van der Waals surface area (Å²) in [6, 6.07) is 0. The Labute approximate surface area is 80.4 Å². The van der Waals surface area contributed by atoms with E-state index in [2.05, 4.69) is 0 Å². The van der Waals surface area contributed by atoms with Crippen molar-refractivity contribution in [3.05, 3.63) is 0 Å². The van der Waals surface area contributed by atoms with Gasteiger partial charge >= 0.3 is 5.38 Å². The Morgan fingerprint density at radius 2 is 2.00 bits per heavy atom. The highest BCUT2D eigenvalue weighted by molar-refractivity contribution is 6.32. The second kappa shape index (κ2) is 2.91. The highest BCUT2D eigenvalue weighted by Gasteiger charge is 2.50. The van der Waals surface area contributed by atoms with E-state index in [1.165, 1.54) is 0 Å². The van der Waals surface area contributed by atoms with Crippen molar-refractivity contribution in [2.75, 3.05) is 0 Å². The standard InChI is InChI=1S/C9H11ClF2O/c10-9(11,12)8(13)7-4-5-1-2-6(7)3-5/h5-7H,1-4H2. The summed E-state index contributed by atoms with van der Waals surface area (Å²) in [4.78, 5) is 11.2. The lowest BCUT2D eigenvalue weighted by molar-refractivity contribution is -0.139. The summed E-state index contributed by atoms with van der Waals surface area (Å²) in [7, 11) is 0. The number of carbonyl (C=O) groups is 1. The van der Waals surface area contributed by atoms with Crippen molar-refractivity contribution < 1.29 is 13.6 Å². The fourth-order valence-electron chi connectivity index (χ4n) is 2.78. The van der Waals surface area contributed by atoms with Gasteiger partial charge in [0.2, 0.25) is 5.78 Å². The number of carbonyl (C=O) groups excluding carboxylic acids is 1. The molecule has 2 aliphatic carbocycles. The van der Waals surface area contributed by atoms with Crippen LogP contribution in [0.15, 0.2) is 0 Å². The van der Waals surface area contributed by atoms with Gasteiger partial charge in [0.05, 0.1) is 0 Å². The van der Waals surface area contributed by atoms with Crippen LogP contribution in [0.25, 0.3) is 0 Å². The van der Waals surface area contributed by atoms with Crippen molar-refractivity contribution >= 4 is 17.4 Å². The van der Waals surface area contributed by atoms with Gasteiger partial charge in [-0.05, 0) is 42.7 Å². The molecule has 0 aromatic heterocycles. The fourth-order valence-corrected chi connectivity index (χ4v) is 2.92. The lowest BCUT2D eigenvalue weighted by atomic mass is 9.86. The molecule has 2 bridgehead atoms. The van der Waals surface area contributed by atoms with Crippen LogP contribution in [0.4, 0.5) is 8.78 Å². The predicted molar refractivity (Wildman–Crippen MR) is 44.7 cm³/mol. The average Bonchev–Trinajstić information content (AvgIpc) is 2.60. The Morgan fingerprint density at radius 1 is 1.31 bits per heavy atom. The molecular formula is C9H11ClF2O. The molecule has 2 saturated carbocycles. The first kappa shape index (κ1) is 9.38. The minimum absolute atomic E-state index is 0.183. The monoisotopic (exact) mass is 208 g/mol. The third kappa shape index (κ3) is 1.58. The van der Waals surface area contributed by atoms with Gasteiger partial charge in [-0.3, -0.25) is 4.79 Å². The van der Waals surface area contributed by atoms with Crippen LogP contribution in [-0.2, 0) is 4.79 Å². The maximum atomic E-state index is 12.5. The molecule has 0 spiro atoms. The largest absolute Gasteiger partial charge is 0.380 e. The van der Waals surface area contributed by atoms with Gasteiger partial charge in [0.25, 0.3) is 0 Å². The van der Waals surface area contributed by atoms with E-state index in [9.17, 15) is 13.6 Å². The van der Waals surface area contributed by atoms with Gasteiger partial charge < -0.3 is 0 Å². The molecule has 0 amide bonds. The number of fused-ring (bicyclic) bond motifs is 2. The van der Waals surface area contributed by atoms with Gasteiger partial charge in [-0.25, -0.2) is 0 Å². The van der Waals surface area contributed by atoms with E-state index in [1.54, 1.807) is 0 Å². The van der Waals surface area contributed by atoms with Crippen molar-refractivity contribution in [2.45, 2.75) is 31.1 Å². The van der Waals surface area contributed by atoms with Crippen LogP contribution in [0.5, 0.6) is 0 Å². The van der Waals surface area contributed by atoms with Crippen LogP contribution in [0, 0.1) is 17.8 Å². The van der Waals surface area contributed by atoms with Gasteiger partial charge in [0.15, 0.2) is 0 Å². The Balaban J connectivity index is 2.07. The number of hydrogen-bond acceptors (Lipinski definition) is 1. The quantitative estimate of drug-likeness (QED) is 0.638. The molecule has 3 atom stereocenters. The minimum atomic E-state index is -3.64. The predicted octanol–water partition coefficient (Wildman–Crippen LogP) is 2.82. The zero-order chi connectivity index (χ0) is 9.64. The molecule has 13 heavy (non-hydrogen) atoms. The summed E-state index contributed by atoms with van der Waals surface area (Å²) in [5.41, 5.74) is 0. The van der Waals surface area contributed by atoms with Gasteiger partial charge in [-0.15, -0.1) is 0 Å². The first-order chi connectivity index (χ1) is 5.98. The number of halogens is 3. The Hall–Kier alpha value is -0.180. The zero-order valence-corrected chi connectivity index (χ0v) is 7.86. The highest BCUT2D eigenvalue weighted by Crippen LogP contribution is 2.50. The first-order valence-corrected chi connectivity index (χ1v) is 4.97. The molecule has 0 aliphatic heterocycles. The van der Waals surface area contributed by atoms with Crippen molar-refractivity contribution in [1.82, 2.24) is 0 Å². The van der Waals surface area contributed by atoms with E-state index in [-0.39, 0.29) is 5.92 Å². The average molecular weight is 209 g/mol. The van der Waals surface area contributed by atoms with E-state index in [1.807, 2.05) is 0 Å². The summed E-state index contributed by atoms with van der Waals surface area (Å²) >= 11 is 4.72. The molecule has 2 fully saturated rings. The molecule has 0 N–H and O–H groups in total. The van der Waals surface area contributed by atoms with Crippen LogP contribution < -0.4 is 0 Å². The van der Waals surface area contributed by atoms with Crippen molar-refractivity contribution in [3.8, 4) is 0 Å². The third-order valence-corrected chi connectivity index (χ3v) is 3.54. The molecule has 1 nitrogen and oxygen atoms in total. The SMILES string of the molecule is O=C(C1CC2CCC1C2)C(F)(F)Cl. The molecule has 74 valence electrons. The molecule has 3 unspecified atom stereocenters. The third-order valence-electron chi connectivity index (χ3n) is 3.35. The van der Waals surface area contributed by atoms with Crippen molar-refractivity contribution in [2.24, 2.45) is 17.8 Å². The lowest BCUT2D eigenvalue weighted by Gasteiger charge is -2.21. The summed E-state index contributed by atoms with van der Waals surface area (Å²) in [5, 5.41) is -3.64. The molecule has 0 aromatic rings. The normalized spacial score (nSPS) is 38.2. The lowest BCUT2D eigenvalue weighted by Crippen LogP contribution is -2.32. The smallest absolute Gasteiger partial charge is 0.291 e. The van der Waals surface area contributed by atoms with E-state index in [0.717, 1.165) is 19.3 Å². The minimum Gasteiger partial charge on any atom is -0.291 e. The summed E-state index contributed by atoms with van der Waals surface area (Å²) in [6.07, 6.45) is 3.60. The van der Waals surface area contributed by atoms with Crippen LogP contribution in [0.1, 0.15) is 25.7 Å². The van der Waals surface area contributed by atoms with Gasteiger partial charge in [0, 0.05) is 5.92 Å². The molecule has 4 heteroatoms. The van der Waals surface area contributed by atoms with Gasteiger partial charge in [0.1, 0.15) is 0 Å². The van der Waals surface area contributed by atoms with E-state index in [4.69, 9.17) is 11.6 Å². The Morgan fingerprint density at radius 3 is 2.38 bits per heavy atom. The molecule has 0 radical (unpaired) electrons. The number of rotatable bonds is 2. The molecular weight excluding hydrogens is 198 g/mol. The summed E-state index contributed by atoms with van der Waals surface area (Å²) in [6.45, 7) is 0. The molecule has 0 aromatic carbocycles. The molecule has 0 saturated heterocycles. The second-order valence-electron chi connectivity index (χ2n) is 4.14. The topological polar surface area (TPSA) is 17.1 Å². The number of ketones is 1. The van der Waals surface area contributed by atoms with Crippen LogP contribution in [0.2, 0.25) is 0 Å². The van der Waals surface area contributed by atoms with Crippen LogP contribution >= 0.6 is 11.6 Å². The summed E-state index contributed by atoms with van der Waals surface area (Å²) in [5.74, 6) is -0.840. The maximum Gasteiger partial charge on any atom is 0.380 e. The van der Waals surface area contributed by atoms with Gasteiger partial charge in [-0.1, -0.05) is 6.42 Å². The zero-order valence-electron chi connectivity index (χ0n) is 7.10. The van der Waals surface area contributed by atoms with Crippen LogP contribution in [-0.4, -0.2) is 11.2 Å². The van der Waals surface area contributed by atoms with E-state index in [0.29, 0.717) is 12.3 Å². The molecule has 2 rings (SSSR count). The first-order valence-electron chi connectivity index (χ1n) is 4.59. The van der Waals surface area contributed by atoms with Crippen LogP contribution in [0.3, 0.4) is 0 Å². The number of alkyl halides is 3. The van der Waals surface area contributed by atoms with Gasteiger partial charge in [-0.2, -0.15) is 8.78 Å². The number of hydrogen-bond donors (Lipinski definition) is 0. The Bertz CT molecular complexity index is 236. The van der Waals surface area contributed by atoms with Crippen molar-refractivity contribution in [3.63, 3.8) is 0 Å². The highest BCUT2D eigenvalue weighted by atomic mass is 35.5. The molecule has 2 aliphatic rings. The maximum absolute atomic E-state index is 12.5.